The molecular weight excluding hydrogens is 140 g/mol. The van der Waals surface area contributed by atoms with Gasteiger partial charge in [0, 0.05) is 18.0 Å². The van der Waals surface area contributed by atoms with Crippen LogP contribution in [0.15, 0.2) is 17.3 Å². The molecule has 0 amide bonds. The van der Waals surface area contributed by atoms with Gasteiger partial charge in [-0.05, 0) is 11.6 Å². The lowest BCUT2D eigenvalue weighted by Gasteiger charge is -1.95. The second-order valence-electron chi connectivity index (χ2n) is 2.40. The number of nitrogens with zero attached hydrogens (tertiary/aromatic N) is 2. The molecule has 0 radical (unpaired) electrons. The first-order chi connectivity index (χ1) is 5.40. The zero-order valence-corrected chi connectivity index (χ0v) is 5.82. The zero-order chi connectivity index (χ0) is 7.68. The van der Waals surface area contributed by atoms with Crippen molar-refractivity contribution in [3.63, 3.8) is 0 Å². The van der Waals surface area contributed by atoms with E-state index in [0.717, 1.165) is 17.4 Å². The second kappa shape index (κ2) is 2.27. The van der Waals surface area contributed by atoms with Gasteiger partial charge in [0.1, 0.15) is 5.69 Å². The summed E-state index contributed by atoms with van der Waals surface area (Å²) in [6.45, 7) is 0.679. The zero-order valence-electron chi connectivity index (χ0n) is 6.82. The monoisotopic (exact) mass is 147 g/mol. The number of aliphatic imine (C=N–C) groups is 1. The van der Waals surface area contributed by atoms with E-state index in [1.807, 2.05) is 0 Å². The van der Waals surface area contributed by atoms with Crippen LogP contribution in [0.2, 0.25) is 0 Å². The molecule has 0 aliphatic carbocycles. The van der Waals surface area contributed by atoms with Crippen molar-refractivity contribution in [3.8, 4) is 0 Å². The molecule has 0 spiro atoms. The average Bonchev–Trinajstić information content (AvgIpc) is 2.50. The van der Waals surface area contributed by atoms with Crippen LogP contribution in [0.5, 0.6) is 0 Å². The minimum atomic E-state index is 0. The summed E-state index contributed by atoms with van der Waals surface area (Å²) in [4.78, 5) is 18.3. The van der Waals surface area contributed by atoms with Crippen molar-refractivity contribution in [1.82, 2.24) is 4.98 Å². The molecule has 0 bridgehead atoms. The van der Waals surface area contributed by atoms with Gasteiger partial charge in [0.15, 0.2) is 6.29 Å². The molecule has 0 saturated carbocycles. The Bertz CT molecular complexity index is 336. The Morgan fingerprint density at radius 1 is 1.64 bits per heavy atom. The molecule has 0 saturated heterocycles. The number of carbonyl (C=O) groups excluding carboxylic acids is 1. The van der Waals surface area contributed by atoms with Crippen molar-refractivity contribution in [2.24, 2.45) is 4.99 Å². The Labute approximate surface area is 65.3 Å². The Morgan fingerprint density at radius 3 is 3.36 bits per heavy atom. The maximum absolute atomic E-state index is 10.3. The van der Waals surface area contributed by atoms with E-state index in [0.29, 0.717) is 12.2 Å². The number of aromatic nitrogens is 1. The number of carbonyl (C=O) groups is 1. The van der Waals surface area contributed by atoms with Crippen molar-refractivity contribution < 1.29 is 6.22 Å². The molecule has 0 atom stereocenters. The van der Waals surface area contributed by atoms with Gasteiger partial charge in [0.25, 0.3) is 0 Å². The standard InChI is InChI=1S/C8H6N2O/c11-5-8-1-6-2-9-3-7(6)4-10-8/h1,3-5H,2H2/p+1. The molecule has 54 valence electrons. The summed E-state index contributed by atoms with van der Waals surface area (Å²) in [7, 11) is 0. The predicted molar refractivity (Wildman–Crippen MR) is 42.0 cm³/mol. The van der Waals surface area contributed by atoms with Crippen molar-refractivity contribution in [3.05, 3.63) is 29.1 Å². The quantitative estimate of drug-likeness (QED) is 0.555. The molecule has 0 aromatic carbocycles. The van der Waals surface area contributed by atoms with Gasteiger partial charge in [0.05, 0.1) is 6.54 Å². The van der Waals surface area contributed by atoms with Crippen LogP contribution in [0.3, 0.4) is 0 Å². The van der Waals surface area contributed by atoms with Crippen LogP contribution in [0.1, 0.15) is 23.0 Å². The topological polar surface area (TPSA) is 42.3 Å². The first-order valence-corrected chi connectivity index (χ1v) is 3.34. The van der Waals surface area contributed by atoms with Crippen molar-refractivity contribution >= 4 is 12.5 Å². The lowest BCUT2D eigenvalue weighted by Crippen LogP contribution is -1.91. The summed E-state index contributed by atoms with van der Waals surface area (Å²) in [6, 6.07) is 1.77. The Kier molecular flexibility index (Phi) is 1.28. The molecule has 2 rings (SSSR count). The molecule has 2 heterocycles. The van der Waals surface area contributed by atoms with Crippen LogP contribution in [-0.4, -0.2) is 17.5 Å². The third-order valence-electron chi connectivity index (χ3n) is 1.66. The molecule has 1 aliphatic heterocycles. The highest BCUT2D eigenvalue weighted by atomic mass is 16.1. The summed E-state index contributed by atoms with van der Waals surface area (Å²) in [5, 5.41) is 0. The highest BCUT2D eigenvalue weighted by Gasteiger charge is 2.06. The van der Waals surface area contributed by atoms with E-state index in [4.69, 9.17) is 0 Å². The van der Waals surface area contributed by atoms with E-state index in [1.165, 1.54) is 0 Å². The van der Waals surface area contributed by atoms with Gasteiger partial charge in [-0.1, -0.05) is 0 Å². The van der Waals surface area contributed by atoms with Gasteiger partial charge >= 0.3 is 1.43 Å². The summed E-state index contributed by atoms with van der Waals surface area (Å²) in [6.07, 6.45) is 4.20. The summed E-state index contributed by atoms with van der Waals surface area (Å²) in [5.74, 6) is 0. The van der Waals surface area contributed by atoms with Crippen LogP contribution < -0.4 is 0 Å². The van der Waals surface area contributed by atoms with E-state index in [9.17, 15) is 4.79 Å². The van der Waals surface area contributed by atoms with E-state index in [-0.39, 0.29) is 1.43 Å². The molecule has 3 nitrogen and oxygen atoms in total. The van der Waals surface area contributed by atoms with Crippen LogP contribution in [-0.2, 0) is 6.54 Å². The number of hydrogen-bond acceptors (Lipinski definition) is 3. The number of aldehydes is 1. The fraction of sp³-hybridized carbons (Fsp3) is 0.125. The van der Waals surface area contributed by atoms with Gasteiger partial charge < -0.3 is 0 Å². The number of pyridine rings is 1. The Balaban J connectivity index is 0.000000720. The number of rotatable bonds is 1. The van der Waals surface area contributed by atoms with E-state index >= 15 is 0 Å². The van der Waals surface area contributed by atoms with Crippen LogP contribution in [0.4, 0.5) is 0 Å². The molecule has 0 unspecified atom stereocenters. The van der Waals surface area contributed by atoms with Crippen LogP contribution >= 0.6 is 0 Å². The fourth-order valence-corrected chi connectivity index (χ4v) is 1.09. The number of fused-ring (bicyclic) bond motifs is 1. The maximum atomic E-state index is 10.3. The van der Waals surface area contributed by atoms with Crippen molar-refractivity contribution in [2.75, 3.05) is 0 Å². The summed E-state index contributed by atoms with van der Waals surface area (Å²) in [5.41, 5.74) is 2.59. The van der Waals surface area contributed by atoms with Gasteiger partial charge in [-0.2, -0.15) is 0 Å². The minimum absolute atomic E-state index is 0. The predicted octanol–water partition coefficient (Wildman–Crippen LogP) is 0.939. The van der Waals surface area contributed by atoms with Crippen molar-refractivity contribution in [1.29, 1.82) is 0 Å². The summed E-state index contributed by atoms with van der Waals surface area (Å²) < 4.78 is 0. The lowest BCUT2D eigenvalue weighted by molar-refractivity contribution is 0.111. The third-order valence-corrected chi connectivity index (χ3v) is 1.66. The van der Waals surface area contributed by atoms with Gasteiger partial charge in [-0.15, -0.1) is 0 Å². The highest BCUT2D eigenvalue weighted by Crippen LogP contribution is 2.12. The first kappa shape index (κ1) is 6.22. The smallest absolute Gasteiger partial charge is 0.296 e. The van der Waals surface area contributed by atoms with Crippen LogP contribution in [0, 0.1) is 0 Å². The Hall–Kier alpha value is -1.51. The van der Waals surface area contributed by atoms with E-state index < -0.39 is 0 Å². The van der Waals surface area contributed by atoms with E-state index in [2.05, 4.69) is 9.98 Å². The molecule has 0 fully saturated rings. The van der Waals surface area contributed by atoms with Gasteiger partial charge in [-0.25, -0.2) is 0 Å². The lowest BCUT2D eigenvalue weighted by atomic mass is 10.1. The average molecular weight is 147 g/mol. The first-order valence-electron chi connectivity index (χ1n) is 3.34. The molecule has 1 aromatic heterocycles. The molecule has 1 aromatic rings. The third kappa shape index (κ3) is 0.941. The van der Waals surface area contributed by atoms with Gasteiger partial charge in [0.2, 0.25) is 0 Å². The van der Waals surface area contributed by atoms with E-state index in [1.54, 1.807) is 18.5 Å². The Morgan fingerprint density at radius 2 is 2.55 bits per heavy atom. The molecule has 0 N–H and O–H groups in total. The fourth-order valence-electron chi connectivity index (χ4n) is 1.09. The highest BCUT2D eigenvalue weighted by molar-refractivity contribution is 5.85. The van der Waals surface area contributed by atoms with Crippen molar-refractivity contribution in [2.45, 2.75) is 6.54 Å². The molecular formula is C8H7N2O+. The second-order valence-corrected chi connectivity index (χ2v) is 2.40. The molecule has 11 heavy (non-hydrogen) atoms. The minimum Gasteiger partial charge on any atom is -0.296 e. The summed E-state index contributed by atoms with van der Waals surface area (Å²) >= 11 is 0. The molecule has 1 aliphatic rings. The SMILES string of the molecule is O=Cc1cc2c(cn1)C=NC2.[H+]. The number of hydrogen-bond donors (Lipinski definition) is 0. The maximum Gasteiger partial charge on any atom is 1.00 e. The van der Waals surface area contributed by atoms with Crippen LogP contribution in [0.25, 0.3) is 0 Å². The normalized spacial score (nSPS) is 13.1. The molecule has 3 heteroatoms. The van der Waals surface area contributed by atoms with Gasteiger partial charge in [-0.3, -0.25) is 14.8 Å². The largest absolute Gasteiger partial charge is 1.00 e.